The van der Waals surface area contributed by atoms with Crippen LogP contribution in [0, 0.1) is 0 Å². The van der Waals surface area contributed by atoms with Crippen LogP contribution in [0.15, 0.2) is 42.0 Å². The SMILES string of the molecule is C/C(=C\COCc1ccccc1)C(F)F. The van der Waals surface area contributed by atoms with Crippen molar-refractivity contribution in [3.8, 4) is 0 Å². The summed E-state index contributed by atoms with van der Waals surface area (Å²) in [6, 6.07) is 9.62. The second kappa shape index (κ2) is 6.30. The van der Waals surface area contributed by atoms with Gasteiger partial charge in [0, 0.05) is 0 Å². The number of rotatable bonds is 5. The summed E-state index contributed by atoms with van der Waals surface area (Å²) in [7, 11) is 0. The van der Waals surface area contributed by atoms with E-state index in [0.29, 0.717) is 6.61 Å². The predicted molar refractivity (Wildman–Crippen MR) is 55.9 cm³/mol. The van der Waals surface area contributed by atoms with Crippen molar-refractivity contribution >= 4 is 0 Å². The van der Waals surface area contributed by atoms with E-state index in [0.717, 1.165) is 5.56 Å². The van der Waals surface area contributed by atoms with E-state index in [1.54, 1.807) is 0 Å². The molecule has 0 fully saturated rings. The Balaban J connectivity index is 2.26. The van der Waals surface area contributed by atoms with Crippen molar-refractivity contribution in [1.82, 2.24) is 0 Å². The molecule has 0 saturated carbocycles. The highest BCUT2D eigenvalue weighted by molar-refractivity contribution is 5.13. The number of hydrogen-bond acceptors (Lipinski definition) is 1. The fourth-order valence-corrected chi connectivity index (χ4v) is 1.03. The van der Waals surface area contributed by atoms with Gasteiger partial charge in [0.05, 0.1) is 13.2 Å². The standard InChI is InChI=1S/C12H14F2O/c1-10(12(13)14)7-8-15-9-11-5-3-2-4-6-11/h2-7,12H,8-9H2,1H3/b10-7+. The molecular weight excluding hydrogens is 198 g/mol. The first kappa shape index (κ1) is 11.9. The molecule has 1 aromatic rings. The fourth-order valence-electron chi connectivity index (χ4n) is 1.03. The van der Waals surface area contributed by atoms with Gasteiger partial charge in [0.2, 0.25) is 0 Å². The Morgan fingerprint density at radius 1 is 1.33 bits per heavy atom. The van der Waals surface area contributed by atoms with Gasteiger partial charge in [-0.3, -0.25) is 0 Å². The van der Waals surface area contributed by atoms with Crippen LogP contribution in [0.5, 0.6) is 0 Å². The highest BCUT2D eigenvalue weighted by Crippen LogP contribution is 2.07. The Morgan fingerprint density at radius 3 is 2.60 bits per heavy atom. The van der Waals surface area contributed by atoms with Gasteiger partial charge >= 0.3 is 0 Å². The lowest BCUT2D eigenvalue weighted by atomic mass is 10.2. The number of alkyl halides is 2. The highest BCUT2D eigenvalue weighted by Gasteiger charge is 2.03. The van der Waals surface area contributed by atoms with Crippen molar-refractivity contribution in [3.63, 3.8) is 0 Å². The molecule has 0 aromatic heterocycles. The van der Waals surface area contributed by atoms with Crippen LogP contribution >= 0.6 is 0 Å². The molecule has 1 nitrogen and oxygen atoms in total. The van der Waals surface area contributed by atoms with Crippen molar-refractivity contribution in [3.05, 3.63) is 47.5 Å². The average molecular weight is 212 g/mol. The molecule has 0 unspecified atom stereocenters. The van der Waals surface area contributed by atoms with Gasteiger partial charge in [-0.05, 0) is 18.1 Å². The number of hydrogen-bond donors (Lipinski definition) is 0. The monoisotopic (exact) mass is 212 g/mol. The summed E-state index contributed by atoms with van der Waals surface area (Å²) in [6.07, 6.45) is -0.974. The lowest BCUT2D eigenvalue weighted by Gasteiger charge is -2.02. The van der Waals surface area contributed by atoms with Gasteiger partial charge in [-0.2, -0.15) is 0 Å². The molecule has 0 amide bonds. The van der Waals surface area contributed by atoms with Crippen molar-refractivity contribution in [2.24, 2.45) is 0 Å². The van der Waals surface area contributed by atoms with Gasteiger partial charge in [0.1, 0.15) is 0 Å². The predicted octanol–water partition coefficient (Wildman–Crippen LogP) is 3.41. The number of ether oxygens (including phenoxy) is 1. The van der Waals surface area contributed by atoms with Gasteiger partial charge in [-0.15, -0.1) is 0 Å². The minimum atomic E-state index is -2.38. The molecule has 1 aromatic carbocycles. The van der Waals surface area contributed by atoms with Gasteiger partial charge < -0.3 is 4.74 Å². The summed E-state index contributed by atoms with van der Waals surface area (Å²) in [5.41, 5.74) is 1.10. The molecule has 0 heterocycles. The summed E-state index contributed by atoms with van der Waals surface area (Å²) < 4.78 is 29.3. The molecule has 0 bridgehead atoms. The summed E-state index contributed by atoms with van der Waals surface area (Å²) in [5, 5.41) is 0. The van der Waals surface area contributed by atoms with Crippen LogP contribution in [0.2, 0.25) is 0 Å². The third kappa shape index (κ3) is 4.70. The molecule has 0 saturated heterocycles. The molecule has 0 N–H and O–H groups in total. The zero-order chi connectivity index (χ0) is 11.1. The first-order valence-electron chi connectivity index (χ1n) is 4.76. The summed E-state index contributed by atoms with van der Waals surface area (Å²) in [4.78, 5) is 0. The smallest absolute Gasteiger partial charge is 0.259 e. The third-order valence-electron chi connectivity index (χ3n) is 1.98. The molecule has 15 heavy (non-hydrogen) atoms. The molecule has 0 radical (unpaired) electrons. The Labute approximate surface area is 88.4 Å². The van der Waals surface area contributed by atoms with E-state index < -0.39 is 6.43 Å². The molecule has 0 aliphatic rings. The summed E-state index contributed by atoms with van der Waals surface area (Å²) in [5.74, 6) is 0. The van der Waals surface area contributed by atoms with Crippen LogP contribution in [0.3, 0.4) is 0 Å². The highest BCUT2D eigenvalue weighted by atomic mass is 19.3. The molecule has 82 valence electrons. The molecule has 0 spiro atoms. The van der Waals surface area contributed by atoms with Crippen molar-refractivity contribution in [2.45, 2.75) is 20.0 Å². The van der Waals surface area contributed by atoms with E-state index in [-0.39, 0.29) is 12.2 Å². The third-order valence-corrected chi connectivity index (χ3v) is 1.98. The zero-order valence-electron chi connectivity index (χ0n) is 8.62. The van der Waals surface area contributed by atoms with Crippen LogP contribution in [-0.4, -0.2) is 13.0 Å². The zero-order valence-corrected chi connectivity index (χ0v) is 8.62. The normalized spacial score (nSPS) is 12.1. The maximum Gasteiger partial charge on any atom is 0.259 e. The number of benzene rings is 1. The van der Waals surface area contributed by atoms with Gasteiger partial charge in [-0.1, -0.05) is 36.4 Å². The van der Waals surface area contributed by atoms with Crippen LogP contribution in [-0.2, 0) is 11.3 Å². The van der Waals surface area contributed by atoms with E-state index in [9.17, 15) is 8.78 Å². The summed E-state index contributed by atoms with van der Waals surface area (Å²) >= 11 is 0. The lowest BCUT2D eigenvalue weighted by Crippen LogP contribution is -1.97. The molecular formula is C12H14F2O. The lowest BCUT2D eigenvalue weighted by molar-refractivity contribution is 0.144. The molecule has 0 aliphatic heterocycles. The van der Waals surface area contributed by atoms with E-state index >= 15 is 0 Å². The van der Waals surface area contributed by atoms with Crippen LogP contribution in [0.1, 0.15) is 12.5 Å². The van der Waals surface area contributed by atoms with E-state index in [2.05, 4.69) is 0 Å². The Kier molecular flexibility index (Phi) is 4.98. The average Bonchev–Trinajstić information content (AvgIpc) is 2.25. The van der Waals surface area contributed by atoms with Crippen molar-refractivity contribution in [1.29, 1.82) is 0 Å². The van der Waals surface area contributed by atoms with Crippen LogP contribution < -0.4 is 0 Å². The molecule has 3 heteroatoms. The number of allylic oxidation sites excluding steroid dienone is 1. The van der Waals surface area contributed by atoms with Crippen molar-refractivity contribution < 1.29 is 13.5 Å². The van der Waals surface area contributed by atoms with Gasteiger partial charge in [0.25, 0.3) is 6.43 Å². The van der Waals surface area contributed by atoms with Crippen molar-refractivity contribution in [2.75, 3.05) is 6.61 Å². The maximum absolute atomic E-state index is 12.1. The van der Waals surface area contributed by atoms with E-state index in [1.807, 2.05) is 30.3 Å². The summed E-state index contributed by atoms with van der Waals surface area (Å²) in [6.45, 7) is 2.08. The van der Waals surface area contributed by atoms with E-state index in [1.165, 1.54) is 13.0 Å². The largest absolute Gasteiger partial charge is 0.373 e. The second-order valence-electron chi connectivity index (χ2n) is 3.25. The first-order valence-corrected chi connectivity index (χ1v) is 4.76. The topological polar surface area (TPSA) is 9.23 Å². The van der Waals surface area contributed by atoms with Gasteiger partial charge in [-0.25, -0.2) is 8.78 Å². The maximum atomic E-state index is 12.1. The van der Waals surface area contributed by atoms with E-state index in [4.69, 9.17) is 4.74 Å². The Hall–Kier alpha value is -1.22. The molecule has 0 atom stereocenters. The minimum Gasteiger partial charge on any atom is -0.373 e. The minimum absolute atomic E-state index is 0.0584. The van der Waals surface area contributed by atoms with Crippen LogP contribution in [0.25, 0.3) is 0 Å². The fraction of sp³-hybridized carbons (Fsp3) is 0.333. The van der Waals surface area contributed by atoms with Gasteiger partial charge in [0.15, 0.2) is 0 Å². The molecule has 0 aliphatic carbocycles. The van der Waals surface area contributed by atoms with Crippen LogP contribution in [0.4, 0.5) is 8.78 Å². The number of halogens is 2. The Morgan fingerprint density at radius 2 is 2.00 bits per heavy atom. The Bertz CT molecular complexity index is 307. The quantitative estimate of drug-likeness (QED) is 0.536. The molecule has 1 rings (SSSR count). The first-order chi connectivity index (χ1) is 7.20. The second-order valence-corrected chi connectivity index (χ2v) is 3.25.